The van der Waals surface area contributed by atoms with Gasteiger partial charge in [0.2, 0.25) is 0 Å². The van der Waals surface area contributed by atoms with E-state index in [2.05, 4.69) is 10.4 Å². The summed E-state index contributed by atoms with van der Waals surface area (Å²) in [5.74, 6) is -0.907. The number of primary amides is 1. The molecular formula is C12H18N4O3. The number of rotatable bonds is 5. The summed E-state index contributed by atoms with van der Waals surface area (Å²) in [5, 5.41) is 16.3. The van der Waals surface area contributed by atoms with Crippen molar-refractivity contribution in [3.05, 3.63) is 11.3 Å². The number of carbonyl (C=O) groups is 2. The molecule has 1 fully saturated rings. The van der Waals surface area contributed by atoms with Crippen LogP contribution in [0.5, 0.6) is 0 Å². The van der Waals surface area contributed by atoms with Gasteiger partial charge >= 0.3 is 5.97 Å². The van der Waals surface area contributed by atoms with E-state index in [0.717, 1.165) is 19.3 Å². The molecule has 0 unspecified atom stereocenters. The monoisotopic (exact) mass is 266 g/mol. The molecule has 19 heavy (non-hydrogen) atoms. The van der Waals surface area contributed by atoms with E-state index in [9.17, 15) is 9.59 Å². The Kier molecular flexibility index (Phi) is 3.21. The first-order chi connectivity index (χ1) is 8.84. The minimum Gasteiger partial charge on any atom is -0.481 e. The minimum absolute atomic E-state index is 0.0232. The van der Waals surface area contributed by atoms with Gasteiger partial charge in [0.25, 0.3) is 5.91 Å². The summed E-state index contributed by atoms with van der Waals surface area (Å²) in [4.78, 5) is 22.4. The largest absolute Gasteiger partial charge is 0.481 e. The Labute approximate surface area is 110 Å². The fraction of sp³-hybridized carbons (Fsp3) is 0.583. The molecule has 104 valence electrons. The third-order valence-electron chi connectivity index (χ3n) is 3.65. The Morgan fingerprint density at radius 2 is 2.16 bits per heavy atom. The molecule has 0 radical (unpaired) electrons. The van der Waals surface area contributed by atoms with Gasteiger partial charge in [-0.05, 0) is 26.2 Å². The molecule has 0 aromatic carbocycles. The Hall–Kier alpha value is -2.05. The number of carboxylic acid groups (broad SMARTS) is 1. The van der Waals surface area contributed by atoms with Crippen LogP contribution in [0.15, 0.2) is 0 Å². The molecule has 0 aliphatic heterocycles. The van der Waals surface area contributed by atoms with Gasteiger partial charge < -0.3 is 16.2 Å². The number of amides is 1. The number of nitrogens with two attached hydrogens (primary N) is 1. The number of anilines is 1. The highest BCUT2D eigenvalue weighted by Gasteiger charge is 2.40. The Morgan fingerprint density at radius 1 is 1.53 bits per heavy atom. The van der Waals surface area contributed by atoms with Gasteiger partial charge in [-0.25, -0.2) is 0 Å². The topological polar surface area (TPSA) is 110 Å². The zero-order chi connectivity index (χ0) is 14.2. The van der Waals surface area contributed by atoms with E-state index in [1.807, 2.05) is 0 Å². The number of nitrogens with zero attached hydrogens (tertiary/aromatic N) is 2. The second kappa shape index (κ2) is 4.56. The summed E-state index contributed by atoms with van der Waals surface area (Å²) in [6.07, 6.45) is 2.53. The van der Waals surface area contributed by atoms with Gasteiger partial charge in [-0.15, -0.1) is 0 Å². The van der Waals surface area contributed by atoms with E-state index < -0.39 is 17.4 Å². The highest BCUT2D eigenvalue weighted by atomic mass is 16.4. The molecule has 1 aromatic rings. The lowest BCUT2D eigenvalue weighted by molar-refractivity contribution is -0.138. The van der Waals surface area contributed by atoms with Crippen molar-refractivity contribution < 1.29 is 14.7 Å². The van der Waals surface area contributed by atoms with Crippen molar-refractivity contribution in [1.29, 1.82) is 0 Å². The van der Waals surface area contributed by atoms with E-state index in [-0.39, 0.29) is 6.42 Å². The zero-order valence-corrected chi connectivity index (χ0v) is 11.1. The van der Waals surface area contributed by atoms with Gasteiger partial charge in [-0.3, -0.25) is 14.3 Å². The summed E-state index contributed by atoms with van der Waals surface area (Å²) in [5.41, 5.74) is 5.75. The van der Waals surface area contributed by atoms with Crippen molar-refractivity contribution in [2.45, 2.75) is 38.1 Å². The van der Waals surface area contributed by atoms with E-state index >= 15 is 0 Å². The lowest BCUT2D eigenvalue weighted by Crippen LogP contribution is -2.47. The standard InChI is InChI=1S/C12H18N4O3/c1-7-9(10(13)19)11(16(2)15-7)14-12(4-3-5-12)6-8(17)18/h14H,3-6H2,1-2H3,(H2,13,19)(H,17,18). The molecule has 1 amide bonds. The molecule has 7 nitrogen and oxygen atoms in total. The summed E-state index contributed by atoms with van der Waals surface area (Å²) >= 11 is 0. The number of aryl methyl sites for hydroxylation is 2. The number of aliphatic carboxylic acids is 1. The third kappa shape index (κ3) is 2.40. The normalized spacial score (nSPS) is 16.7. The Morgan fingerprint density at radius 3 is 2.58 bits per heavy atom. The van der Waals surface area contributed by atoms with Crippen LogP contribution < -0.4 is 11.1 Å². The first-order valence-corrected chi connectivity index (χ1v) is 6.18. The van der Waals surface area contributed by atoms with Crippen LogP contribution in [0.4, 0.5) is 5.82 Å². The van der Waals surface area contributed by atoms with E-state index in [1.54, 1.807) is 14.0 Å². The molecule has 1 heterocycles. The van der Waals surface area contributed by atoms with Gasteiger partial charge in [-0.1, -0.05) is 0 Å². The van der Waals surface area contributed by atoms with Gasteiger partial charge in [0.05, 0.1) is 12.1 Å². The molecule has 0 saturated heterocycles. The van der Waals surface area contributed by atoms with E-state index in [4.69, 9.17) is 10.8 Å². The second-order valence-electron chi connectivity index (χ2n) is 5.13. The molecule has 0 spiro atoms. The Balaban J connectivity index is 2.32. The van der Waals surface area contributed by atoms with Crippen LogP contribution in [0, 0.1) is 6.92 Å². The first kappa shape index (κ1) is 13.4. The van der Waals surface area contributed by atoms with E-state index in [1.165, 1.54) is 4.68 Å². The quantitative estimate of drug-likeness (QED) is 0.724. The summed E-state index contributed by atoms with van der Waals surface area (Å²) in [6, 6.07) is 0. The smallest absolute Gasteiger partial charge is 0.305 e. The molecular weight excluding hydrogens is 248 g/mol. The maximum Gasteiger partial charge on any atom is 0.305 e. The molecule has 7 heteroatoms. The van der Waals surface area contributed by atoms with Crippen LogP contribution in [-0.4, -0.2) is 32.3 Å². The predicted octanol–water partition coefficient (Wildman–Crippen LogP) is 0.637. The van der Waals surface area contributed by atoms with Gasteiger partial charge in [-0.2, -0.15) is 5.10 Å². The van der Waals surface area contributed by atoms with Crippen LogP contribution in [0.25, 0.3) is 0 Å². The average molecular weight is 266 g/mol. The van der Waals surface area contributed by atoms with Gasteiger partial charge in [0, 0.05) is 12.6 Å². The van der Waals surface area contributed by atoms with Crippen LogP contribution in [-0.2, 0) is 11.8 Å². The number of hydrogen-bond acceptors (Lipinski definition) is 4. The minimum atomic E-state index is -0.855. The van der Waals surface area contributed by atoms with Crippen LogP contribution in [0.3, 0.4) is 0 Å². The van der Waals surface area contributed by atoms with Crippen molar-refractivity contribution >= 4 is 17.7 Å². The molecule has 1 aliphatic rings. The van der Waals surface area contributed by atoms with Gasteiger partial charge in [0.15, 0.2) is 0 Å². The first-order valence-electron chi connectivity index (χ1n) is 6.18. The fourth-order valence-electron chi connectivity index (χ4n) is 2.59. The van der Waals surface area contributed by atoms with Gasteiger partial charge in [0.1, 0.15) is 11.4 Å². The molecule has 0 atom stereocenters. The van der Waals surface area contributed by atoms with Crippen molar-refractivity contribution in [3.8, 4) is 0 Å². The summed E-state index contributed by atoms with van der Waals surface area (Å²) in [6.45, 7) is 1.70. The number of carboxylic acids is 1. The zero-order valence-electron chi connectivity index (χ0n) is 11.1. The highest BCUT2D eigenvalue weighted by Crippen LogP contribution is 2.39. The number of carbonyl (C=O) groups excluding carboxylic acids is 1. The van der Waals surface area contributed by atoms with Crippen LogP contribution in [0.2, 0.25) is 0 Å². The SMILES string of the molecule is Cc1nn(C)c(NC2(CC(=O)O)CCC2)c1C(N)=O. The highest BCUT2D eigenvalue weighted by molar-refractivity contribution is 5.99. The van der Waals surface area contributed by atoms with Crippen LogP contribution in [0.1, 0.15) is 41.7 Å². The lowest BCUT2D eigenvalue weighted by atomic mass is 9.74. The fourth-order valence-corrected chi connectivity index (χ4v) is 2.59. The third-order valence-corrected chi connectivity index (χ3v) is 3.65. The number of hydrogen-bond donors (Lipinski definition) is 3. The lowest BCUT2D eigenvalue weighted by Gasteiger charge is -2.42. The number of nitrogens with one attached hydrogen (secondary N) is 1. The maximum absolute atomic E-state index is 11.5. The molecule has 1 aromatic heterocycles. The van der Waals surface area contributed by atoms with Crippen molar-refractivity contribution in [2.24, 2.45) is 12.8 Å². The molecule has 1 aliphatic carbocycles. The van der Waals surface area contributed by atoms with Crippen molar-refractivity contribution in [2.75, 3.05) is 5.32 Å². The molecule has 1 saturated carbocycles. The second-order valence-corrected chi connectivity index (χ2v) is 5.13. The molecule has 4 N–H and O–H groups in total. The summed E-state index contributed by atoms with van der Waals surface area (Å²) in [7, 11) is 1.70. The molecule has 0 bridgehead atoms. The summed E-state index contributed by atoms with van der Waals surface area (Å²) < 4.78 is 1.54. The van der Waals surface area contributed by atoms with Crippen molar-refractivity contribution in [1.82, 2.24) is 9.78 Å². The maximum atomic E-state index is 11.5. The Bertz CT molecular complexity index is 531. The van der Waals surface area contributed by atoms with Crippen LogP contribution >= 0.6 is 0 Å². The van der Waals surface area contributed by atoms with E-state index in [0.29, 0.717) is 17.1 Å². The van der Waals surface area contributed by atoms with Crippen molar-refractivity contribution in [3.63, 3.8) is 0 Å². The molecule has 2 rings (SSSR count). The predicted molar refractivity (Wildman–Crippen MR) is 68.9 cm³/mol. The average Bonchev–Trinajstić information content (AvgIpc) is 2.49. The number of aromatic nitrogens is 2.